The molecule has 1 unspecified atom stereocenters. The van der Waals surface area contributed by atoms with Crippen LogP contribution < -0.4 is 5.73 Å². The topological polar surface area (TPSA) is 46.3 Å². The molecule has 1 heterocycles. The Morgan fingerprint density at radius 1 is 1.47 bits per heavy atom. The molecule has 0 aromatic heterocycles. The minimum atomic E-state index is 0.0389. The Morgan fingerprint density at radius 3 is 2.80 bits per heavy atom. The summed E-state index contributed by atoms with van der Waals surface area (Å²) in [6.45, 7) is 2.88. The van der Waals surface area contributed by atoms with Gasteiger partial charge in [0.05, 0.1) is 6.54 Å². The summed E-state index contributed by atoms with van der Waals surface area (Å²) in [5.41, 5.74) is 7.99. The van der Waals surface area contributed by atoms with Crippen LogP contribution in [0.25, 0.3) is 0 Å². The van der Waals surface area contributed by atoms with E-state index in [0.717, 1.165) is 6.42 Å². The summed E-state index contributed by atoms with van der Waals surface area (Å²) in [7, 11) is 0. The number of hydrogen-bond donors (Lipinski definition) is 1. The van der Waals surface area contributed by atoms with Gasteiger partial charge in [-0.2, -0.15) is 0 Å². The number of hydrogen-bond acceptors (Lipinski definition) is 2. The monoisotopic (exact) mass is 204 g/mol. The summed E-state index contributed by atoms with van der Waals surface area (Å²) < 4.78 is 0. The fraction of sp³-hybridized carbons (Fsp3) is 0.417. The molecule has 3 heteroatoms. The minimum Gasteiger partial charge on any atom is -0.334 e. The number of nitrogens with two attached hydrogens (primary N) is 1. The van der Waals surface area contributed by atoms with Gasteiger partial charge >= 0.3 is 0 Å². The van der Waals surface area contributed by atoms with Gasteiger partial charge in [0.15, 0.2) is 0 Å². The number of nitrogens with zero attached hydrogens (tertiary/aromatic N) is 1. The molecular formula is C12H16N2O. The van der Waals surface area contributed by atoms with Crippen LogP contribution >= 0.6 is 0 Å². The van der Waals surface area contributed by atoms with Gasteiger partial charge in [-0.15, -0.1) is 0 Å². The molecule has 0 aliphatic carbocycles. The van der Waals surface area contributed by atoms with Gasteiger partial charge in [0.2, 0.25) is 5.91 Å². The average molecular weight is 204 g/mol. The van der Waals surface area contributed by atoms with Gasteiger partial charge in [0.25, 0.3) is 0 Å². The molecule has 2 rings (SSSR count). The highest BCUT2D eigenvalue weighted by Gasteiger charge is 2.25. The van der Waals surface area contributed by atoms with Crippen LogP contribution in [0.15, 0.2) is 24.3 Å². The van der Waals surface area contributed by atoms with E-state index >= 15 is 0 Å². The number of amides is 1. The van der Waals surface area contributed by atoms with Crippen LogP contribution in [0.5, 0.6) is 0 Å². The first-order valence-corrected chi connectivity index (χ1v) is 5.28. The van der Waals surface area contributed by atoms with E-state index in [-0.39, 0.29) is 18.5 Å². The molecule has 0 radical (unpaired) electrons. The highest BCUT2D eigenvalue weighted by atomic mass is 16.2. The first kappa shape index (κ1) is 10.2. The smallest absolute Gasteiger partial charge is 0.236 e. The lowest BCUT2D eigenvalue weighted by Crippen LogP contribution is -2.45. The van der Waals surface area contributed by atoms with Gasteiger partial charge < -0.3 is 10.6 Å². The molecule has 1 aliphatic heterocycles. The summed E-state index contributed by atoms with van der Waals surface area (Å²) >= 11 is 0. The van der Waals surface area contributed by atoms with E-state index in [2.05, 4.69) is 19.1 Å². The SMILES string of the molecule is CC1Cc2ccccc2CN1C(=O)CN. The molecule has 0 fully saturated rings. The Morgan fingerprint density at radius 2 is 2.13 bits per heavy atom. The molecule has 0 bridgehead atoms. The summed E-state index contributed by atoms with van der Waals surface area (Å²) in [5.74, 6) is 0.0389. The van der Waals surface area contributed by atoms with Crippen LogP contribution in [0.4, 0.5) is 0 Å². The first-order valence-electron chi connectivity index (χ1n) is 5.28. The van der Waals surface area contributed by atoms with Gasteiger partial charge in [-0.05, 0) is 24.5 Å². The quantitative estimate of drug-likeness (QED) is 0.739. The second-order valence-corrected chi connectivity index (χ2v) is 4.05. The van der Waals surface area contributed by atoms with Gasteiger partial charge in [-0.25, -0.2) is 0 Å². The molecule has 1 amide bonds. The van der Waals surface area contributed by atoms with E-state index in [1.165, 1.54) is 11.1 Å². The zero-order valence-electron chi connectivity index (χ0n) is 8.94. The normalized spacial score (nSPS) is 19.9. The van der Waals surface area contributed by atoms with Gasteiger partial charge in [0.1, 0.15) is 0 Å². The second kappa shape index (κ2) is 4.03. The van der Waals surface area contributed by atoms with Crippen molar-refractivity contribution in [1.29, 1.82) is 0 Å². The summed E-state index contributed by atoms with van der Waals surface area (Å²) in [5, 5.41) is 0. The minimum absolute atomic E-state index is 0.0389. The fourth-order valence-corrected chi connectivity index (χ4v) is 2.13. The molecule has 0 saturated heterocycles. The van der Waals surface area contributed by atoms with Crippen molar-refractivity contribution in [3.63, 3.8) is 0 Å². The lowest BCUT2D eigenvalue weighted by Gasteiger charge is -2.34. The number of carbonyl (C=O) groups is 1. The number of benzene rings is 1. The maximum Gasteiger partial charge on any atom is 0.236 e. The zero-order valence-corrected chi connectivity index (χ0v) is 8.94. The third-order valence-electron chi connectivity index (χ3n) is 3.00. The van der Waals surface area contributed by atoms with Crippen LogP contribution in [-0.2, 0) is 17.8 Å². The zero-order chi connectivity index (χ0) is 10.8. The van der Waals surface area contributed by atoms with Gasteiger partial charge in [-0.1, -0.05) is 24.3 Å². The molecule has 1 atom stereocenters. The van der Waals surface area contributed by atoms with Crippen molar-refractivity contribution in [2.24, 2.45) is 5.73 Å². The fourth-order valence-electron chi connectivity index (χ4n) is 2.13. The first-order chi connectivity index (χ1) is 7.22. The maximum atomic E-state index is 11.6. The lowest BCUT2D eigenvalue weighted by molar-refractivity contribution is -0.132. The predicted octanol–water partition coefficient (Wildman–Crippen LogP) is 0.919. The molecule has 80 valence electrons. The summed E-state index contributed by atoms with van der Waals surface area (Å²) in [6.07, 6.45) is 0.932. The van der Waals surface area contributed by atoms with Crippen LogP contribution in [0.3, 0.4) is 0 Å². The van der Waals surface area contributed by atoms with Gasteiger partial charge in [-0.3, -0.25) is 4.79 Å². The van der Waals surface area contributed by atoms with Gasteiger partial charge in [0, 0.05) is 12.6 Å². The van der Waals surface area contributed by atoms with Crippen molar-refractivity contribution in [3.05, 3.63) is 35.4 Å². The van der Waals surface area contributed by atoms with E-state index in [9.17, 15) is 4.79 Å². The highest BCUT2D eigenvalue weighted by molar-refractivity contribution is 5.78. The standard InChI is InChI=1S/C12H16N2O/c1-9-6-10-4-2-3-5-11(10)8-14(9)12(15)7-13/h2-5,9H,6-8,13H2,1H3. The van der Waals surface area contributed by atoms with Crippen molar-refractivity contribution < 1.29 is 4.79 Å². The second-order valence-electron chi connectivity index (χ2n) is 4.05. The van der Waals surface area contributed by atoms with Crippen molar-refractivity contribution in [2.75, 3.05) is 6.54 Å². The predicted molar refractivity (Wildman–Crippen MR) is 59.2 cm³/mol. The Kier molecular flexibility index (Phi) is 2.73. The summed E-state index contributed by atoms with van der Waals surface area (Å²) in [6, 6.07) is 8.54. The van der Waals surface area contributed by atoms with Crippen molar-refractivity contribution in [3.8, 4) is 0 Å². The third kappa shape index (κ3) is 1.88. The Hall–Kier alpha value is -1.35. The van der Waals surface area contributed by atoms with E-state index in [1.54, 1.807) is 0 Å². The van der Waals surface area contributed by atoms with Crippen LogP contribution in [0.1, 0.15) is 18.1 Å². The third-order valence-corrected chi connectivity index (χ3v) is 3.00. The van der Waals surface area contributed by atoms with Crippen molar-refractivity contribution in [2.45, 2.75) is 25.9 Å². The Bertz CT molecular complexity index is 376. The van der Waals surface area contributed by atoms with Crippen LogP contribution in [-0.4, -0.2) is 23.4 Å². The Balaban J connectivity index is 2.25. The Labute approximate surface area is 89.9 Å². The van der Waals surface area contributed by atoms with Crippen LogP contribution in [0, 0.1) is 0 Å². The molecule has 1 aliphatic rings. The summed E-state index contributed by atoms with van der Waals surface area (Å²) in [4.78, 5) is 13.5. The number of carbonyl (C=O) groups excluding carboxylic acids is 1. The van der Waals surface area contributed by atoms with Crippen LogP contribution in [0.2, 0.25) is 0 Å². The van der Waals surface area contributed by atoms with E-state index < -0.39 is 0 Å². The highest BCUT2D eigenvalue weighted by Crippen LogP contribution is 2.22. The molecule has 0 saturated carbocycles. The molecular weight excluding hydrogens is 188 g/mol. The van der Waals surface area contributed by atoms with E-state index in [0.29, 0.717) is 6.54 Å². The molecule has 1 aromatic rings. The maximum absolute atomic E-state index is 11.6. The lowest BCUT2D eigenvalue weighted by atomic mass is 9.95. The number of fused-ring (bicyclic) bond motifs is 1. The molecule has 0 spiro atoms. The van der Waals surface area contributed by atoms with Crippen molar-refractivity contribution >= 4 is 5.91 Å². The molecule has 2 N–H and O–H groups in total. The van der Waals surface area contributed by atoms with E-state index in [1.807, 2.05) is 17.0 Å². The number of rotatable bonds is 1. The molecule has 15 heavy (non-hydrogen) atoms. The average Bonchev–Trinajstić information content (AvgIpc) is 2.27. The molecule has 3 nitrogen and oxygen atoms in total. The van der Waals surface area contributed by atoms with Crippen molar-refractivity contribution in [1.82, 2.24) is 4.90 Å². The van der Waals surface area contributed by atoms with E-state index in [4.69, 9.17) is 5.73 Å². The molecule has 1 aromatic carbocycles. The largest absolute Gasteiger partial charge is 0.334 e.